The molecule has 0 N–H and O–H groups in total. The van der Waals surface area contributed by atoms with E-state index in [0.717, 1.165) is 6.42 Å². The van der Waals surface area contributed by atoms with E-state index in [1.165, 1.54) is 23.9 Å². The van der Waals surface area contributed by atoms with Crippen LogP contribution >= 0.6 is 23.4 Å². The van der Waals surface area contributed by atoms with Crippen LogP contribution in [0.25, 0.3) is 6.08 Å². The molecule has 1 heterocycles. The smallest absolute Gasteiger partial charge is 0.266 e. The zero-order chi connectivity index (χ0) is 22.5. The van der Waals surface area contributed by atoms with E-state index >= 15 is 0 Å². The maximum Gasteiger partial charge on any atom is 0.266 e. The van der Waals surface area contributed by atoms with Gasteiger partial charge in [-0.3, -0.25) is 9.69 Å². The van der Waals surface area contributed by atoms with Gasteiger partial charge in [-0.05, 0) is 80.1 Å². The fourth-order valence-corrected chi connectivity index (χ4v) is 4.20. The van der Waals surface area contributed by atoms with Crippen molar-refractivity contribution in [3.63, 3.8) is 0 Å². The fraction of sp³-hybridized carbons (Fsp3) is 0.304. The highest BCUT2D eigenvalue weighted by Crippen LogP contribution is 2.40. The Morgan fingerprint density at radius 1 is 1.26 bits per heavy atom. The van der Waals surface area contributed by atoms with E-state index in [2.05, 4.69) is 4.99 Å². The summed E-state index contributed by atoms with van der Waals surface area (Å²) in [5.41, 5.74) is 1.29. The average Bonchev–Trinajstić information content (AvgIpc) is 3.04. The first-order chi connectivity index (χ1) is 14.9. The Morgan fingerprint density at radius 2 is 1.97 bits per heavy atom. The van der Waals surface area contributed by atoms with Crippen molar-refractivity contribution >= 4 is 46.2 Å². The van der Waals surface area contributed by atoms with Crippen LogP contribution in [-0.4, -0.2) is 35.7 Å². The number of hydrogen-bond acceptors (Lipinski definition) is 5. The lowest BCUT2D eigenvalue weighted by atomic mass is 10.1. The monoisotopic (exact) mass is 462 g/mol. The molecule has 1 aliphatic rings. The van der Waals surface area contributed by atoms with Crippen LogP contribution in [0, 0.1) is 5.82 Å². The second-order valence-corrected chi connectivity index (χ2v) is 8.32. The van der Waals surface area contributed by atoms with Crippen LogP contribution in [0.1, 0.15) is 32.8 Å². The minimum atomic E-state index is -0.335. The number of rotatable bonds is 7. The standard InChI is InChI=1S/C23H24ClFN2O3S/c1-5-14(3)30-21-18(24)11-15(12-19(21)29-4)13-20-22(28)27(6-2)23(31-20)26-17-9-7-16(25)8-10-17/h7-14H,5-6H2,1-4H3/b20-13+,26-23?/t14-/m1/s1. The molecule has 31 heavy (non-hydrogen) atoms. The van der Waals surface area contributed by atoms with Crippen LogP contribution in [0.2, 0.25) is 5.02 Å². The predicted octanol–water partition coefficient (Wildman–Crippen LogP) is 6.29. The number of nitrogens with zero attached hydrogens (tertiary/aromatic N) is 2. The lowest BCUT2D eigenvalue weighted by Gasteiger charge is -2.17. The molecule has 1 aliphatic heterocycles. The van der Waals surface area contributed by atoms with Crippen molar-refractivity contribution in [3.05, 3.63) is 57.7 Å². The second kappa shape index (κ2) is 10.2. The topological polar surface area (TPSA) is 51.1 Å². The number of hydrogen-bond donors (Lipinski definition) is 0. The van der Waals surface area contributed by atoms with Crippen molar-refractivity contribution in [2.45, 2.75) is 33.3 Å². The highest BCUT2D eigenvalue weighted by atomic mass is 35.5. The maximum absolute atomic E-state index is 13.2. The van der Waals surface area contributed by atoms with Crippen molar-refractivity contribution < 1.29 is 18.7 Å². The minimum absolute atomic E-state index is 0.00841. The molecule has 8 heteroatoms. The maximum atomic E-state index is 13.2. The quantitative estimate of drug-likeness (QED) is 0.454. The van der Waals surface area contributed by atoms with Crippen LogP contribution in [-0.2, 0) is 4.79 Å². The number of benzene rings is 2. The van der Waals surface area contributed by atoms with Crippen LogP contribution < -0.4 is 9.47 Å². The van der Waals surface area contributed by atoms with Crippen LogP contribution in [0.3, 0.4) is 0 Å². The number of amidine groups is 1. The highest BCUT2D eigenvalue weighted by Gasteiger charge is 2.32. The zero-order valence-electron chi connectivity index (χ0n) is 17.8. The molecule has 1 atom stereocenters. The van der Waals surface area contributed by atoms with Gasteiger partial charge in [-0.15, -0.1) is 0 Å². The molecule has 2 aromatic rings. The van der Waals surface area contributed by atoms with Gasteiger partial charge in [0.25, 0.3) is 5.91 Å². The summed E-state index contributed by atoms with van der Waals surface area (Å²) in [5.74, 6) is 0.504. The van der Waals surface area contributed by atoms with Gasteiger partial charge < -0.3 is 9.47 Å². The first-order valence-corrected chi connectivity index (χ1v) is 11.2. The Labute approximate surface area is 190 Å². The lowest BCUT2D eigenvalue weighted by Crippen LogP contribution is -2.28. The van der Waals surface area contributed by atoms with Gasteiger partial charge in [0.2, 0.25) is 0 Å². The number of halogens is 2. The SMILES string of the molecule is CC[C@@H](C)Oc1c(Cl)cc(/C=C2/SC(=Nc3ccc(F)cc3)N(CC)C2=O)cc1OC. The van der Waals surface area contributed by atoms with E-state index in [1.807, 2.05) is 20.8 Å². The molecule has 0 saturated carbocycles. The van der Waals surface area contributed by atoms with Gasteiger partial charge in [0.1, 0.15) is 5.82 Å². The van der Waals surface area contributed by atoms with Gasteiger partial charge in [-0.25, -0.2) is 9.38 Å². The second-order valence-electron chi connectivity index (χ2n) is 6.90. The molecule has 0 spiro atoms. The van der Waals surface area contributed by atoms with Gasteiger partial charge in [0.15, 0.2) is 16.7 Å². The fourth-order valence-electron chi connectivity index (χ4n) is 2.87. The van der Waals surface area contributed by atoms with Crippen molar-refractivity contribution in [2.24, 2.45) is 4.99 Å². The third-order valence-electron chi connectivity index (χ3n) is 4.70. The number of amides is 1. The van der Waals surface area contributed by atoms with E-state index in [1.54, 1.807) is 42.4 Å². The van der Waals surface area contributed by atoms with E-state index in [-0.39, 0.29) is 17.8 Å². The minimum Gasteiger partial charge on any atom is -0.493 e. The Kier molecular flexibility index (Phi) is 7.62. The van der Waals surface area contributed by atoms with Crippen molar-refractivity contribution in [2.75, 3.05) is 13.7 Å². The van der Waals surface area contributed by atoms with Gasteiger partial charge in [-0.2, -0.15) is 0 Å². The van der Waals surface area contributed by atoms with Gasteiger partial charge >= 0.3 is 0 Å². The molecule has 3 rings (SSSR count). The predicted molar refractivity (Wildman–Crippen MR) is 125 cm³/mol. The van der Waals surface area contributed by atoms with Gasteiger partial charge in [0, 0.05) is 6.54 Å². The Morgan fingerprint density at radius 3 is 2.58 bits per heavy atom. The largest absolute Gasteiger partial charge is 0.493 e. The van der Waals surface area contributed by atoms with Gasteiger partial charge in [0.05, 0.1) is 28.8 Å². The number of methoxy groups -OCH3 is 1. The summed E-state index contributed by atoms with van der Waals surface area (Å²) in [4.78, 5) is 19.5. The lowest BCUT2D eigenvalue weighted by molar-refractivity contribution is -0.122. The number of likely N-dealkylation sites (N-methyl/N-ethyl adjacent to an activating group) is 1. The molecule has 1 saturated heterocycles. The van der Waals surface area contributed by atoms with Crippen molar-refractivity contribution in [3.8, 4) is 11.5 Å². The molecule has 0 unspecified atom stereocenters. The number of carbonyl (C=O) groups is 1. The first kappa shape index (κ1) is 23.2. The molecule has 0 radical (unpaired) electrons. The number of ether oxygens (including phenoxy) is 2. The molecule has 5 nitrogen and oxygen atoms in total. The third-order valence-corrected chi connectivity index (χ3v) is 5.99. The van der Waals surface area contributed by atoms with Crippen LogP contribution in [0.15, 0.2) is 46.3 Å². The molecule has 0 bridgehead atoms. The number of aliphatic imine (C=N–C) groups is 1. The summed E-state index contributed by atoms with van der Waals surface area (Å²) in [5, 5.41) is 0.953. The first-order valence-electron chi connectivity index (χ1n) is 9.96. The number of carbonyl (C=O) groups excluding carboxylic acids is 1. The molecular weight excluding hydrogens is 439 g/mol. The Bertz CT molecular complexity index is 1020. The molecule has 0 aromatic heterocycles. The van der Waals surface area contributed by atoms with Crippen LogP contribution in [0.5, 0.6) is 11.5 Å². The van der Waals surface area contributed by atoms with E-state index in [9.17, 15) is 9.18 Å². The number of thioether (sulfide) groups is 1. The highest BCUT2D eigenvalue weighted by molar-refractivity contribution is 8.18. The van der Waals surface area contributed by atoms with E-state index in [0.29, 0.717) is 44.4 Å². The van der Waals surface area contributed by atoms with Crippen LogP contribution in [0.4, 0.5) is 10.1 Å². The van der Waals surface area contributed by atoms with Crippen molar-refractivity contribution in [1.82, 2.24) is 4.90 Å². The van der Waals surface area contributed by atoms with E-state index < -0.39 is 0 Å². The summed E-state index contributed by atoms with van der Waals surface area (Å²) >= 11 is 7.71. The summed E-state index contributed by atoms with van der Waals surface area (Å²) in [6.45, 7) is 6.33. The normalized spacial score (nSPS) is 17.5. The molecule has 164 valence electrons. The molecule has 1 fully saturated rings. The van der Waals surface area contributed by atoms with Gasteiger partial charge in [-0.1, -0.05) is 18.5 Å². The molecule has 1 amide bonds. The molecular formula is C23H24ClFN2O3S. The summed E-state index contributed by atoms with van der Waals surface area (Å²) in [6, 6.07) is 9.35. The summed E-state index contributed by atoms with van der Waals surface area (Å²) in [6.07, 6.45) is 2.58. The van der Waals surface area contributed by atoms with E-state index in [4.69, 9.17) is 21.1 Å². The molecule has 0 aliphatic carbocycles. The summed E-state index contributed by atoms with van der Waals surface area (Å²) < 4.78 is 24.5. The Balaban J connectivity index is 1.93. The van der Waals surface area contributed by atoms with Crippen molar-refractivity contribution in [1.29, 1.82) is 0 Å². The molecule has 2 aromatic carbocycles. The zero-order valence-corrected chi connectivity index (χ0v) is 19.4. The third kappa shape index (κ3) is 5.40. The average molecular weight is 463 g/mol. The summed E-state index contributed by atoms with van der Waals surface area (Å²) in [7, 11) is 1.55. The Hall–Kier alpha value is -2.51.